The molecule has 3 heteroatoms. The standard InChI is InChI=1S/C16H19NO2/c1-12-8-9-15(16(10-12)18-2)19-11-14(17)13-6-4-3-5-7-13/h3-10,14H,11,17H2,1-2H3. The van der Waals surface area contributed by atoms with Crippen molar-refractivity contribution < 1.29 is 9.47 Å². The van der Waals surface area contributed by atoms with Crippen molar-refractivity contribution in [3.8, 4) is 11.5 Å². The summed E-state index contributed by atoms with van der Waals surface area (Å²) in [5.41, 5.74) is 8.30. The quantitative estimate of drug-likeness (QED) is 0.895. The molecule has 2 N–H and O–H groups in total. The lowest BCUT2D eigenvalue weighted by molar-refractivity contribution is 0.273. The summed E-state index contributed by atoms with van der Waals surface area (Å²) in [6.07, 6.45) is 0. The van der Waals surface area contributed by atoms with Gasteiger partial charge in [-0.3, -0.25) is 0 Å². The number of hydrogen-bond acceptors (Lipinski definition) is 3. The summed E-state index contributed by atoms with van der Waals surface area (Å²) in [4.78, 5) is 0. The first-order valence-electron chi connectivity index (χ1n) is 6.28. The molecule has 1 atom stereocenters. The summed E-state index contributed by atoms with van der Waals surface area (Å²) in [5.74, 6) is 1.46. The van der Waals surface area contributed by atoms with Crippen LogP contribution in [0.25, 0.3) is 0 Å². The van der Waals surface area contributed by atoms with Gasteiger partial charge < -0.3 is 15.2 Å². The molecule has 0 aliphatic rings. The second kappa shape index (κ2) is 6.25. The van der Waals surface area contributed by atoms with Crippen molar-refractivity contribution in [1.82, 2.24) is 0 Å². The lowest BCUT2D eigenvalue weighted by Gasteiger charge is -2.15. The molecule has 0 amide bonds. The number of benzene rings is 2. The average Bonchev–Trinajstić information content (AvgIpc) is 2.46. The van der Waals surface area contributed by atoms with Gasteiger partial charge in [-0.2, -0.15) is 0 Å². The van der Waals surface area contributed by atoms with Crippen molar-refractivity contribution in [2.24, 2.45) is 5.73 Å². The highest BCUT2D eigenvalue weighted by atomic mass is 16.5. The molecule has 19 heavy (non-hydrogen) atoms. The summed E-state index contributed by atoms with van der Waals surface area (Å²) < 4.78 is 11.0. The van der Waals surface area contributed by atoms with E-state index in [1.54, 1.807) is 7.11 Å². The second-order valence-corrected chi connectivity index (χ2v) is 4.48. The van der Waals surface area contributed by atoms with Crippen molar-refractivity contribution in [3.63, 3.8) is 0 Å². The molecule has 100 valence electrons. The molecule has 0 saturated heterocycles. The zero-order valence-electron chi connectivity index (χ0n) is 11.3. The van der Waals surface area contributed by atoms with E-state index in [0.717, 1.165) is 22.6 Å². The highest BCUT2D eigenvalue weighted by Crippen LogP contribution is 2.28. The Morgan fingerprint density at radius 1 is 1.05 bits per heavy atom. The van der Waals surface area contributed by atoms with Crippen LogP contribution < -0.4 is 15.2 Å². The first-order valence-corrected chi connectivity index (χ1v) is 6.28. The minimum absolute atomic E-state index is 0.146. The van der Waals surface area contributed by atoms with Crippen molar-refractivity contribution in [1.29, 1.82) is 0 Å². The molecule has 0 aliphatic heterocycles. The molecular weight excluding hydrogens is 238 g/mol. The van der Waals surface area contributed by atoms with Gasteiger partial charge in [0.1, 0.15) is 6.61 Å². The molecule has 0 fully saturated rings. The Hall–Kier alpha value is -2.00. The predicted molar refractivity (Wildman–Crippen MR) is 76.6 cm³/mol. The lowest BCUT2D eigenvalue weighted by atomic mass is 10.1. The number of nitrogens with two attached hydrogens (primary N) is 1. The first-order chi connectivity index (χ1) is 9.20. The van der Waals surface area contributed by atoms with Gasteiger partial charge in [-0.15, -0.1) is 0 Å². The van der Waals surface area contributed by atoms with Crippen LogP contribution in [0.15, 0.2) is 48.5 Å². The van der Waals surface area contributed by atoms with Gasteiger partial charge in [-0.05, 0) is 30.2 Å². The summed E-state index contributed by atoms with van der Waals surface area (Å²) >= 11 is 0. The Morgan fingerprint density at radius 2 is 1.79 bits per heavy atom. The summed E-state index contributed by atoms with van der Waals surface area (Å²) in [6, 6.07) is 15.6. The molecule has 0 spiro atoms. The maximum absolute atomic E-state index is 6.10. The fourth-order valence-electron chi connectivity index (χ4n) is 1.87. The van der Waals surface area contributed by atoms with Crippen molar-refractivity contribution in [2.45, 2.75) is 13.0 Å². The molecule has 0 bridgehead atoms. The van der Waals surface area contributed by atoms with E-state index >= 15 is 0 Å². The molecule has 0 saturated carbocycles. The third-order valence-electron chi connectivity index (χ3n) is 2.97. The molecule has 0 heterocycles. The van der Waals surface area contributed by atoms with E-state index < -0.39 is 0 Å². The van der Waals surface area contributed by atoms with Gasteiger partial charge in [0, 0.05) is 0 Å². The molecule has 2 rings (SSSR count). The fraction of sp³-hybridized carbons (Fsp3) is 0.250. The Bertz CT molecular complexity index is 526. The van der Waals surface area contributed by atoms with Gasteiger partial charge in [0.25, 0.3) is 0 Å². The largest absolute Gasteiger partial charge is 0.493 e. The molecule has 2 aromatic rings. The van der Waals surface area contributed by atoms with Crippen LogP contribution in [0.5, 0.6) is 11.5 Å². The van der Waals surface area contributed by atoms with E-state index in [0.29, 0.717) is 6.61 Å². The highest BCUT2D eigenvalue weighted by molar-refractivity contribution is 5.42. The van der Waals surface area contributed by atoms with Gasteiger partial charge >= 0.3 is 0 Å². The molecule has 0 radical (unpaired) electrons. The lowest BCUT2D eigenvalue weighted by Crippen LogP contribution is -2.19. The maximum atomic E-state index is 6.10. The van der Waals surface area contributed by atoms with Crippen LogP contribution in [0, 0.1) is 6.92 Å². The van der Waals surface area contributed by atoms with Gasteiger partial charge in [0.05, 0.1) is 13.2 Å². The Labute approximate surface area is 114 Å². The van der Waals surface area contributed by atoms with Crippen molar-refractivity contribution in [2.75, 3.05) is 13.7 Å². The second-order valence-electron chi connectivity index (χ2n) is 4.48. The molecule has 2 aromatic carbocycles. The van der Waals surface area contributed by atoms with Gasteiger partial charge in [-0.1, -0.05) is 36.4 Å². The molecule has 3 nitrogen and oxygen atoms in total. The minimum atomic E-state index is -0.146. The van der Waals surface area contributed by atoms with Gasteiger partial charge in [0.2, 0.25) is 0 Å². The van der Waals surface area contributed by atoms with E-state index in [1.165, 1.54) is 0 Å². The van der Waals surface area contributed by atoms with Crippen molar-refractivity contribution >= 4 is 0 Å². The Kier molecular flexibility index (Phi) is 4.42. The van der Waals surface area contributed by atoms with E-state index in [1.807, 2.05) is 55.5 Å². The first kappa shape index (κ1) is 13.4. The number of aryl methyl sites for hydroxylation is 1. The highest BCUT2D eigenvalue weighted by Gasteiger charge is 2.09. The van der Waals surface area contributed by atoms with Crippen LogP contribution >= 0.6 is 0 Å². The molecule has 0 aliphatic carbocycles. The normalized spacial score (nSPS) is 11.9. The minimum Gasteiger partial charge on any atom is -0.493 e. The zero-order chi connectivity index (χ0) is 13.7. The maximum Gasteiger partial charge on any atom is 0.161 e. The average molecular weight is 257 g/mol. The van der Waals surface area contributed by atoms with Crippen LogP contribution in [0.3, 0.4) is 0 Å². The molecule has 1 unspecified atom stereocenters. The van der Waals surface area contributed by atoms with Gasteiger partial charge in [0.15, 0.2) is 11.5 Å². The van der Waals surface area contributed by atoms with Crippen LogP contribution in [0.4, 0.5) is 0 Å². The number of methoxy groups -OCH3 is 1. The summed E-state index contributed by atoms with van der Waals surface area (Å²) in [7, 11) is 1.64. The van der Waals surface area contributed by atoms with E-state index in [-0.39, 0.29) is 6.04 Å². The monoisotopic (exact) mass is 257 g/mol. The van der Waals surface area contributed by atoms with Gasteiger partial charge in [-0.25, -0.2) is 0 Å². The number of hydrogen-bond donors (Lipinski definition) is 1. The zero-order valence-corrected chi connectivity index (χ0v) is 11.3. The SMILES string of the molecule is COc1cc(C)ccc1OCC(N)c1ccccc1. The summed E-state index contributed by atoms with van der Waals surface area (Å²) in [5, 5.41) is 0. The molecule has 0 aromatic heterocycles. The van der Waals surface area contributed by atoms with Crippen LogP contribution in [0.2, 0.25) is 0 Å². The Balaban J connectivity index is 2.03. The fourth-order valence-corrected chi connectivity index (χ4v) is 1.87. The van der Waals surface area contributed by atoms with E-state index in [9.17, 15) is 0 Å². The number of ether oxygens (including phenoxy) is 2. The number of rotatable bonds is 5. The topological polar surface area (TPSA) is 44.5 Å². The van der Waals surface area contributed by atoms with E-state index in [4.69, 9.17) is 15.2 Å². The van der Waals surface area contributed by atoms with Crippen LogP contribution in [-0.2, 0) is 0 Å². The summed E-state index contributed by atoms with van der Waals surface area (Å²) in [6.45, 7) is 2.44. The third kappa shape index (κ3) is 3.48. The predicted octanol–water partition coefficient (Wildman–Crippen LogP) is 3.08. The van der Waals surface area contributed by atoms with Crippen LogP contribution in [-0.4, -0.2) is 13.7 Å². The smallest absolute Gasteiger partial charge is 0.161 e. The third-order valence-corrected chi connectivity index (χ3v) is 2.97. The van der Waals surface area contributed by atoms with E-state index in [2.05, 4.69) is 0 Å². The molecular formula is C16H19NO2. The van der Waals surface area contributed by atoms with Crippen molar-refractivity contribution in [3.05, 3.63) is 59.7 Å². The Morgan fingerprint density at radius 3 is 2.47 bits per heavy atom. The van der Waals surface area contributed by atoms with Crippen LogP contribution in [0.1, 0.15) is 17.2 Å².